The summed E-state index contributed by atoms with van der Waals surface area (Å²) in [4.78, 5) is 13.0. The number of ether oxygens (including phenoxy) is 6. The van der Waals surface area contributed by atoms with E-state index >= 15 is 0 Å². The number of esters is 1. The maximum absolute atomic E-state index is 13.0. The molecule has 7 N–H and O–H groups in total. The van der Waals surface area contributed by atoms with E-state index in [0.29, 0.717) is 13.0 Å². The van der Waals surface area contributed by atoms with Crippen LogP contribution in [0.3, 0.4) is 0 Å². The first-order chi connectivity index (χ1) is 34.1. The Morgan fingerprint density at radius 3 is 1.46 bits per heavy atom. The SMILES string of the molecule is CC/C=C\C/C=C\C/C=C\C/C=C\CCCCCCCCCCCCCOCC(COC1OC(COC2OC(CO)C(O)C(O)C2O)C(O)C(O)C1O)OC(=O)CCCCCCCCCCCCCC. The predicted molar refractivity (Wildman–Crippen MR) is 275 cm³/mol. The lowest BCUT2D eigenvalue weighted by Crippen LogP contribution is -2.61. The van der Waals surface area contributed by atoms with Crippen molar-refractivity contribution < 1.29 is 69.0 Å². The fraction of sp³-hybridized carbons (Fsp3) is 0.839. The van der Waals surface area contributed by atoms with Crippen LogP contribution < -0.4 is 0 Å². The molecule has 0 aromatic carbocycles. The van der Waals surface area contributed by atoms with E-state index in [2.05, 4.69) is 62.5 Å². The van der Waals surface area contributed by atoms with E-state index in [4.69, 9.17) is 28.4 Å². The molecule has 14 heteroatoms. The second-order valence-electron chi connectivity index (χ2n) is 19.4. The molecule has 11 unspecified atom stereocenters. The maximum atomic E-state index is 13.0. The van der Waals surface area contributed by atoms with Gasteiger partial charge in [0.2, 0.25) is 0 Å². The van der Waals surface area contributed by atoms with Crippen molar-refractivity contribution in [2.45, 2.75) is 268 Å². The molecule has 0 saturated carbocycles. The van der Waals surface area contributed by atoms with Gasteiger partial charge in [-0.1, -0.05) is 191 Å². The monoisotopic (exact) mass is 997 g/mol. The number of hydrogen-bond donors (Lipinski definition) is 7. The first kappa shape index (κ1) is 64.1. The Balaban J connectivity index is 1.69. The minimum absolute atomic E-state index is 0.0608. The van der Waals surface area contributed by atoms with Gasteiger partial charge in [0, 0.05) is 13.0 Å². The summed E-state index contributed by atoms with van der Waals surface area (Å²) in [5.41, 5.74) is 0. The Labute approximate surface area is 422 Å². The molecule has 2 aliphatic heterocycles. The van der Waals surface area contributed by atoms with E-state index in [1.807, 2.05) is 0 Å². The molecule has 2 fully saturated rings. The summed E-state index contributed by atoms with van der Waals surface area (Å²) in [5, 5.41) is 72.2. The van der Waals surface area contributed by atoms with Gasteiger partial charge in [-0.2, -0.15) is 0 Å². The van der Waals surface area contributed by atoms with Crippen LogP contribution in [0, 0.1) is 0 Å². The number of aliphatic hydroxyl groups excluding tert-OH is 7. The average Bonchev–Trinajstić information content (AvgIpc) is 3.36. The van der Waals surface area contributed by atoms with E-state index < -0.39 is 80.7 Å². The van der Waals surface area contributed by atoms with Gasteiger partial charge in [-0.25, -0.2) is 0 Å². The van der Waals surface area contributed by atoms with Crippen molar-refractivity contribution in [2.75, 3.05) is 33.0 Å². The molecule has 70 heavy (non-hydrogen) atoms. The summed E-state index contributed by atoms with van der Waals surface area (Å²) in [6.45, 7) is 3.58. The van der Waals surface area contributed by atoms with Crippen molar-refractivity contribution in [2.24, 2.45) is 0 Å². The molecular weight excluding hydrogens is 897 g/mol. The Morgan fingerprint density at radius 2 is 0.929 bits per heavy atom. The summed E-state index contributed by atoms with van der Waals surface area (Å²) in [6, 6.07) is 0. The van der Waals surface area contributed by atoms with Crippen molar-refractivity contribution in [1.29, 1.82) is 0 Å². The van der Waals surface area contributed by atoms with Gasteiger partial charge < -0.3 is 64.2 Å². The molecule has 0 radical (unpaired) electrons. The van der Waals surface area contributed by atoms with Crippen molar-refractivity contribution in [3.05, 3.63) is 48.6 Å². The highest BCUT2D eigenvalue weighted by Crippen LogP contribution is 2.26. The van der Waals surface area contributed by atoms with Gasteiger partial charge in [0.15, 0.2) is 12.6 Å². The van der Waals surface area contributed by atoms with Crippen LogP contribution in [0.25, 0.3) is 0 Å². The second-order valence-corrected chi connectivity index (χ2v) is 19.4. The van der Waals surface area contributed by atoms with Gasteiger partial charge in [-0.3, -0.25) is 4.79 Å². The molecule has 11 atom stereocenters. The van der Waals surface area contributed by atoms with Crippen molar-refractivity contribution >= 4 is 5.97 Å². The van der Waals surface area contributed by atoms with E-state index in [1.165, 1.54) is 103 Å². The van der Waals surface area contributed by atoms with Gasteiger partial charge in [0.25, 0.3) is 0 Å². The van der Waals surface area contributed by atoms with Crippen molar-refractivity contribution in [3.8, 4) is 0 Å². The molecule has 0 aliphatic carbocycles. The Hall–Kier alpha value is -2.05. The molecule has 408 valence electrons. The fourth-order valence-electron chi connectivity index (χ4n) is 8.63. The Morgan fingerprint density at radius 1 is 0.486 bits per heavy atom. The van der Waals surface area contributed by atoms with E-state index in [-0.39, 0.29) is 25.6 Å². The number of allylic oxidation sites excluding steroid dienone is 8. The third-order valence-electron chi connectivity index (χ3n) is 13.1. The van der Waals surface area contributed by atoms with Crippen LogP contribution in [0.5, 0.6) is 0 Å². The first-order valence-electron chi connectivity index (χ1n) is 27.7. The summed E-state index contributed by atoms with van der Waals surface area (Å²) < 4.78 is 34.3. The summed E-state index contributed by atoms with van der Waals surface area (Å²) in [5.74, 6) is -0.377. The Kier molecular flexibility index (Phi) is 39.7. The molecule has 2 saturated heterocycles. The van der Waals surface area contributed by atoms with Crippen molar-refractivity contribution in [1.82, 2.24) is 0 Å². The largest absolute Gasteiger partial charge is 0.457 e. The van der Waals surface area contributed by atoms with Gasteiger partial charge in [0.1, 0.15) is 54.9 Å². The van der Waals surface area contributed by atoms with Crippen LogP contribution in [-0.2, 0) is 33.2 Å². The van der Waals surface area contributed by atoms with Crippen LogP contribution in [-0.4, -0.2) is 142 Å². The minimum Gasteiger partial charge on any atom is -0.457 e. The number of carbonyl (C=O) groups excluding carboxylic acids is 1. The maximum Gasteiger partial charge on any atom is 0.306 e. The standard InChI is InChI=1S/C56H100O14/c1-3-5-7-9-11-13-15-17-18-19-20-21-22-23-24-25-26-27-28-30-32-34-36-38-40-65-42-45(68-48(58)39-37-35-33-31-29-16-14-12-10-8-6-4-2)43-66-55-54(64)52(62)50(60)47(70-55)44-67-56-53(63)51(61)49(59)46(41-57)69-56/h5,7,11,13,17-18,20-21,45-47,49-57,59-64H,3-4,6,8-10,12,14-16,19,22-44H2,1-2H3/b7-5-,13-11-,18-17-,21-20-. The lowest BCUT2D eigenvalue weighted by atomic mass is 9.98. The van der Waals surface area contributed by atoms with E-state index in [0.717, 1.165) is 70.6 Å². The van der Waals surface area contributed by atoms with Crippen LogP contribution >= 0.6 is 0 Å². The zero-order valence-electron chi connectivity index (χ0n) is 43.5. The highest BCUT2D eigenvalue weighted by Gasteiger charge is 2.47. The molecule has 0 aromatic heterocycles. The first-order valence-corrected chi connectivity index (χ1v) is 27.7. The smallest absolute Gasteiger partial charge is 0.306 e. The quantitative estimate of drug-likeness (QED) is 0.0172. The summed E-state index contributed by atoms with van der Waals surface area (Å²) in [7, 11) is 0. The molecule has 0 aromatic rings. The van der Waals surface area contributed by atoms with Gasteiger partial charge >= 0.3 is 5.97 Å². The van der Waals surface area contributed by atoms with E-state index in [1.54, 1.807) is 0 Å². The predicted octanol–water partition coefficient (Wildman–Crippen LogP) is 9.13. The molecular formula is C56H100O14. The Bertz CT molecular complexity index is 1340. The molecule has 2 heterocycles. The highest BCUT2D eigenvalue weighted by molar-refractivity contribution is 5.69. The third-order valence-corrected chi connectivity index (χ3v) is 13.1. The van der Waals surface area contributed by atoms with Crippen LogP contribution in [0.1, 0.15) is 200 Å². The summed E-state index contributed by atoms with van der Waals surface area (Å²) in [6.07, 6.45) is 34.6. The van der Waals surface area contributed by atoms with Crippen LogP contribution in [0.15, 0.2) is 48.6 Å². The molecule has 2 aliphatic rings. The number of hydrogen-bond acceptors (Lipinski definition) is 14. The second kappa shape index (κ2) is 43.4. The van der Waals surface area contributed by atoms with Crippen LogP contribution in [0.2, 0.25) is 0 Å². The van der Waals surface area contributed by atoms with Crippen molar-refractivity contribution in [3.63, 3.8) is 0 Å². The van der Waals surface area contributed by atoms with Gasteiger partial charge in [-0.05, 0) is 51.4 Å². The zero-order valence-corrected chi connectivity index (χ0v) is 43.5. The molecule has 2 rings (SSSR count). The molecule has 14 nitrogen and oxygen atoms in total. The molecule has 0 spiro atoms. The number of rotatable bonds is 44. The minimum atomic E-state index is -1.71. The number of unbranched alkanes of at least 4 members (excludes halogenated alkanes) is 22. The normalized spacial score (nSPS) is 25.8. The molecule has 0 amide bonds. The topological polar surface area (TPSA) is 214 Å². The third kappa shape index (κ3) is 30.2. The highest BCUT2D eigenvalue weighted by atomic mass is 16.7. The molecule has 0 bridgehead atoms. The van der Waals surface area contributed by atoms with Gasteiger partial charge in [0.05, 0.1) is 26.4 Å². The van der Waals surface area contributed by atoms with Gasteiger partial charge in [-0.15, -0.1) is 0 Å². The van der Waals surface area contributed by atoms with E-state index in [9.17, 15) is 40.5 Å². The number of carbonyl (C=O) groups is 1. The summed E-state index contributed by atoms with van der Waals surface area (Å²) >= 11 is 0. The zero-order chi connectivity index (χ0) is 50.9. The lowest BCUT2D eigenvalue weighted by molar-refractivity contribution is -0.332. The van der Waals surface area contributed by atoms with Crippen LogP contribution in [0.4, 0.5) is 0 Å². The number of aliphatic hydroxyl groups is 7. The average molecular weight is 997 g/mol. The fourth-order valence-corrected chi connectivity index (χ4v) is 8.63. The lowest BCUT2D eigenvalue weighted by Gasteiger charge is -2.42.